The molecule has 0 aromatic carbocycles. The van der Waals surface area contributed by atoms with Gasteiger partial charge in [0.25, 0.3) is 0 Å². The maximum Gasteiger partial charge on any atom is 0.358 e. The molecular formula is C10H12N4O3. The normalized spacial score (nSPS) is 19.5. The van der Waals surface area contributed by atoms with E-state index in [-0.39, 0.29) is 17.6 Å². The lowest BCUT2D eigenvalue weighted by Gasteiger charge is -2.13. The Morgan fingerprint density at radius 1 is 1.53 bits per heavy atom. The van der Waals surface area contributed by atoms with E-state index in [2.05, 4.69) is 14.9 Å². The van der Waals surface area contributed by atoms with Crippen LogP contribution >= 0.6 is 0 Å². The number of ether oxygens (including phenoxy) is 1. The molecule has 0 bridgehead atoms. The molecule has 0 saturated carbocycles. The van der Waals surface area contributed by atoms with Crippen LogP contribution in [0.4, 0.5) is 5.82 Å². The summed E-state index contributed by atoms with van der Waals surface area (Å²) in [4.78, 5) is 24.1. The molecule has 1 aromatic heterocycles. The molecular weight excluding hydrogens is 224 g/mol. The summed E-state index contributed by atoms with van der Waals surface area (Å²) in [5, 5.41) is 7.51. The molecule has 7 nitrogen and oxygen atoms in total. The van der Waals surface area contributed by atoms with E-state index in [1.54, 1.807) is 6.07 Å². The maximum atomic E-state index is 11.5. The minimum Gasteiger partial charge on any atom is -0.464 e. The molecule has 7 heteroatoms. The summed E-state index contributed by atoms with van der Waals surface area (Å²) in [6.07, 6.45) is 0.306. The van der Waals surface area contributed by atoms with Gasteiger partial charge in [-0.1, -0.05) is 0 Å². The van der Waals surface area contributed by atoms with E-state index in [1.807, 2.05) is 0 Å². The highest BCUT2D eigenvalue weighted by Gasteiger charge is 2.29. The molecule has 1 fully saturated rings. The number of amides is 1. The second-order valence-corrected chi connectivity index (χ2v) is 3.74. The number of hydrogen-bond donors (Lipinski definition) is 1. The minimum atomic E-state index is -0.562. The van der Waals surface area contributed by atoms with Crippen molar-refractivity contribution in [2.75, 3.05) is 18.6 Å². The predicted octanol–water partition coefficient (Wildman–Crippen LogP) is -0.673. The van der Waals surface area contributed by atoms with E-state index in [1.165, 1.54) is 18.1 Å². The Balaban J connectivity index is 2.18. The van der Waals surface area contributed by atoms with Gasteiger partial charge < -0.3 is 10.5 Å². The van der Waals surface area contributed by atoms with Gasteiger partial charge in [0.15, 0.2) is 11.5 Å². The molecule has 1 atom stereocenters. The lowest BCUT2D eigenvalue weighted by Crippen LogP contribution is -2.29. The first-order valence-corrected chi connectivity index (χ1v) is 5.10. The van der Waals surface area contributed by atoms with Crippen LogP contribution in [0.3, 0.4) is 0 Å². The third kappa shape index (κ3) is 2.23. The number of anilines is 1. The highest BCUT2D eigenvalue weighted by molar-refractivity contribution is 5.95. The van der Waals surface area contributed by atoms with Crippen LogP contribution in [0.5, 0.6) is 0 Å². The van der Waals surface area contributed by atoms with E-state index in [9.17, 15) is 9.59 Å². The summed E-state index contributed by atoms with van der Waals surface area (Å²) >= 11 is 0. The van der Waals surface area contributed by atoms with Crippen LogP contribution in [-0.2, 0) is 9.53 Å². The van der Waals surface area contributed by atoms with Gasteiger partial charge in [0.1, 0.15) is 0 Å². The van der Waals surface area contributed by atoms with Crippen LogP contribution in [0, 0.1) is 0 Å². The van der Waals surface area contributed by atoms with E-state index in [4.69, 9.17) is 5.73 Å². The van der Waals surface area contributed by atoms with E-state index in [0.29, 0.717) is 18.8 Å². The quantitative estimate of drug-likeness (QED) is 0.683. The summed E-state index contributed by atoms with van der Waals surface area (Å²) in [7, 11) is 1.26. The topological polar surface area (TPSA) is 98.4 Å². The molecule has 17 heavy (non-hydrogen) atoms. The number of nitrogens with zero attached hydrogens (tertiary/aromatic N) is 3. The van der Waals surface area contributed by atoms with Crippen molar-refractivity contribution < 1.29 is 14.3 Å². The zero-order valence-electron chi connectivity index (χ0n) is 9.29. The van der Waals surface area contributed by atoms with Gasteiger partial charge in [-0.3, -0.25) is 9.69 Å². The fourth-order valence-corrected chi connectivity index (χ4v) is 1.64. The molecule has 1 aromatic rings. The largest absolute Gasteiger partial charge is 0.464 e. The molecule has 1 saturated heterocycles. The van der Waals surface area contributed by atoms with Crippen molar-refractivity contribution >= 4 is 17.7 Å². The Labute approximate surface area is 97.6 Å². The summed E-state index contributed by atoms with van der Waals surface area (Å²) in [5.74, 6) is -0.248. The zero-order chi connectivity index (χ0) is 12.4. The van der Waals surface area contributed by atoms with Crippen molar-refractivity contribution in [3.63, 3.8) is 0 Å². The number of hydrogen-bond acceptors (Lipinski definition) is 6. The van der Waals surface area contributed by atoms with Gasteiger partial charge in [-0.2, -0.15) is 0 Å². The Kier molecular flexibility index (Phi) is 3.01. The molecule has 2 rings (SSSR count). The van der Waals surface area contributed by atoms with Crippen molar-refractivity contribution in [3.8, 4) is 0 Å². The summed E-state index contributed by atoms with van der Waals surface area (Å²) < 4.78 is 4.50. The standard InChI is InChI=1S/C10H12N4O3/c1-17-10(16)7-2-3-8(13-12-7)14-5-6(11)4-9(14)15/h2-3,6H,4-5,11H2,1H3. The van der Waals surface area contributed by atoms with Crippen LogP contribution in [0.15, 0.2) is 12.1 Å². The van der Waals surface area contributed by atoms with Gasteiger partial charge in [-0.25, -0.2) is 4.79 Å². The summed E-state index contributed by atoms with van der Waals surface area (Å²) in [5.41, 5.74) is 5.77. The highest BCUT2D eigenvalue weighted by atomic mass is 16.5. The lowest BCUT2D eigenvalue weighted by molar-refractivity contribution is -0.117. The van der Waals surface area contributed by atoms with Crippen LogP contribution in [0.25, 0.3) is 0 Å². The second-order valence-electron chi connectivity index (χ2n) is 3.74. The SMILES string of the molecule is COC(=O)c1ccc(N2CC(N)CC2=O)nn1. The van der Waals surface area contributed by atoms with Crippen LogP contribution in [0.2, 0.25) is 0 Å². The fourth-order valence-electron chi connectivity index (χ4n) is 1.64. The van der Waals surface area contributed by atoms with Crippen molar-refractivity contribution in [2.45, 2.75) is 12.5 Å². The van der Waals surface area contributed by atoms with E-state index in [0.717, 1.165) is 0 Å². The Hall–Kier alpha value is -2.02. The van der Waals surface area contributed by atoms with Gasteiger partial charge in [-0.15, -0.1) is 10.2 Å². The minimum absolute atomic E-state index is 0.0855. The number of carbonyl (C=O) groups is 2. The smallest absolute Gasteiger partial charge is 0.358 e. The fraction of sp³-hybridized carbons (Fsp3) is 0.400. The predicted molar refractivity (Wildman–Crippen MR) is 58.3 cm³/mol. The van der Waals surface area contributed by atoms with Crippen molar-refractivity contribution in [2.24, 2.45) is 5.73 Å². The number of methoxy groups -OCH3 is 1. The molecule has 2 heterocycles. The molecule has 0 spiro atoms. The van der Waals surface area contributed by atoms with Crippen LogP contribution in [-0.4, -0.2) is 41.8 Å². The van der Waals surface area contributed by atoms with Crippen molar-refractivity contribution in [1.29, 1.82) is 0 Å². The van der Waals surface area contributed by atoms with Gasteiger partial charge >= 0.3 is 5.97 Å². The summed E-state index contributed by atoms with van der Waals surface area (Å²) in [6.45, 7) is 0.422. The molecule has 1 aliphatic rings. The first kappa shape index (κ1) is 11.5. The van der Waals surface area contributed by atoms with Gasteiger partial charge in [0.2, 0.25) is 5.91 Å². The Morgan fingerprint density at radius 2 is 2.29 bits per heavy atom. The molecule has 1 amide bonds. The Bertz CT molecular complexity index is 445. The monoisotopic (exact) mass is 236 g/mol. The zero-order valence-corrected chi connectivity index (χ0v) is 9.29. The molecule has 90 valence electrons. The summed E-state index contributed by atoms with van der Waals surface area (Å²) in [6, 6.07) is 2.84. The van der Waals surface area contributed by atoms with E-state index >= 15 is 0 Å². The third-order valence-electron chi connectivity index (χ3n) is 2.48. The molecule has 2 N–H and O–H groups in total. The lowest BCUT2D eigenvalue weighted by atomic mass is 10.3. The Morgan fingerprint density at radius 3 is 2.76 bits per heavy atom. The van der Waals surface area contributed by atoms with Crippen molar-refractivity contribution in [1.82, 2.24) is 10.2 Å². The van der Waals surface area contributed by atoms with Gasteiger partial charge in [-0.05, 0) is 12.1 Å². The van der Waals surface area contributed by atoms with E-state index < -0.39 is 5.97 Å². The maximum absolute atomic E-state index is 11.5. The first-order valence-electron chi connectivity index (χ1n) is 5.10. The second kappa shape index (κ2) is 4.46. The van der Waals surface area contributed by atoms with Crippen LogP contribution in [0.1, 0.15) is 16.9 Å². The molecule has 1 unspecified atom stereocenters. The average Bonchev–Trinajstić information content (AvgIpc) is 2.68. The van der Waals surface area contributed by atoms with Gasteiger partial charge in [0, 0.05) is 19.0 Å². The number of nitrogens with two attached hydrogens (primary N) is 1. The van der Waals surface area contributed by atoms with Crippen LogP contribution < -0.4 is 10.6 Å². The average molecular weight is 236 g/mol. The number of aromatic nitrogens is 2. The number of esters is 1. The molecule has 0 radical (unpaired) electrons. The first-order chi connectivity index (χ1) is 8.11. The highest BCUT2D eigenvalue weighted by Crippen LogP contribution is 2.17. The number of carbonyl (C=O) groups excluding carboxylic acids is 2. The van der Waals surface area contributed by atoms with Crippen molar-refractivity contribution in [3.05, 3.63) is 17.8 Å². The van der Waals surface area contributed by atoms with Gasteiger partial charge in [0.05, 0.1) is 7.11 Å². The molecule has 0 aliphatic carbocycles. The number of rotatable bonds is 2. The third-order valence-corrected chi connectivity index (χ3v) is 2.48. The molecule has 1 aliphatic heterocycles.